The lowest BCUT2D eigenvalue weighted by molar-refractivity contribution is -0.205. The van der Waals surface area contributed by atoms with Gasteiger partial charge in [-0.25, -0.2) is 0 Å². The summed E-state index contributed by atoms with van der Waals surface area (Å²) >= 11 is 7.78. The van der Waals surface area contributed by atoms with Crippen LogP contribution in [0.1, 0.15) is 6.92 Å². The number of hydrogen-bond acceptors (Lipinski definition) is 10. The van der Waals surface area contributed by atoms with Crippen LogP contribution >= 0.6 is 35.5 Å². The summed E-state index contributed by atoms with van der Waals surface area (Å²) in [7, 11) is 0. The summed E-state index contributed by atoms with van der Waals surface area (Å²) in [4.78, 5) is 14.9. The van der Waals surface area contributed by atoms with Crippen LogP contribution in [0, 0.1) is 11.3 Å². The van der Waals surface area contributed by atoms with Crippen molar-refractivity contribution in [2.75, 3.05) is 38.8 Å². The van der Waals surface area contributed by atoms with Gasteiger partial charge in [0.25, 0.3) is 0 Å². The molecule has 2 unspecified atom stereocenters. The predicted molar refractivity (Wildman–Crippen MR) is 131 cm³/mol. The van der Waals surface area contributed by atoms with Crippen molar-refractivity contribution in [1.29, 1.82) is 5.41 Å². The molecule has 0 aromatic rings. The Morgan fingerprint density at radius 1 is 1.32 bits per heavy atom. The van der Waals surface area contributed by atoms with Crippen molar-refractivity contribution in [1.82, 2.24) is 15.5 Å². The third-order valence-corrected chi connectivity index (χ3v) is 7.27. The molecule has 0 radical (unpaired) electrons. The van der Waals surface area contributed by atoms with Gasteiger partial charge in [0.2, 0.25) is 5.91 Å². The Labute approximate surface area is 212 Å². The van der Waals surface area contributed by atoms with Gasteiger partial charge in [0, 0.05) is 44.0 Å². The number of nitrogens with zero attached hydrogens (tertiary/aromatic N) is 1. The summed E-state index contributed by atoms with van der Waals surface area (Å²) < 4.78 is 21.9. The molecule has 3 aliphatic rings. The number of halogens is 2. The van der Waals surface area contributed by atoms with Crippen LogP contribution in [-0.2, 0) is 14.3 Å². The minimum atomic E-state index is -1.43. The molecule has 11 nitrogen and oxygen atoms in total. The third kappa shape index (κ3) is 7.01. The number of alkyl halides is 1. The maximum Gasteiger partial charge on any atom is 0.240 e. The maximum absolute atomic E-state index is 13.1. The quantitative estimate of drug-likeness (QED) is 0.124. The highest BCUT2D eigenvalue weighted by Gasteiger charge is 2.49. The van der Waals surface area contributed by atoms with Crippen molar-refractivity contribution in [2.45, 2.75) is 60.3 Å². The van der Waals surface area contributed by atoms with Gasteiger partial charge >= 0.3 is 0 Å². The molecule has 198 valence electrons. The summed E-state index contributed by atoms with van der Waals surface area (Å²) in [6.45, 7) is 3.51. The molecule has 0 aromatic heterocycles. The molecule has 15 heteroatoms. The molecule has 0 saturated carbocycles. The highest BCUT2D eigenvalue weighted by molar-refractivity contribution is 7.99. The van der Waals surface area contributed by atoms with Crippen LogP contribution in [0.5, 0.6) is 0 Å². The molecular formula is C19H35ClFN5O6S2. The average molecular weight is 548 g/mol. The summed E-state index contributed by atoms with van der Waals surface area (Å²) in [5, 5.41) is 43.9. The Morgan fingerprint density at radius 2 is 1.97 bits per heavy atom. The van der Waals surface area contributed by atoms with E-state index in [1.165, 1.54) is 18.0 Å². The smallest absolute Gasteiger partial charge is 0.240 e. The fourth-order valence-corrected chi connectivity index (χ4v) is 5.28. The first-order chi connectivity index (χ1) is 16.1. The van der Waals surface area contributed by atoms with Gasteiger partial charge in [-0.2, -0.15) is 3.89 Å². The maximum atomic E-state index is 13.1. The molecule has 3 saturated heterocycles. The Kier molecular flexibility index (Phi) is 11.9. The fraction of sp³-hybridized carbons (Fsp3) is 0.895. The van der Waals surface area contributed by atoms with Gasteiger partial charge in [-0.3, -0.25) is 10.2 Å². The van der Waals surface area contributed by atoms with Crippen molar-refractivity contribution in [3.8, 4) is 0 Å². The van der Waals surface area contributed by atoms with Crippen LogP contribution in [0.15, 0.2) is 0 Å². The number of guanidine groups is 1. The Hall–Kier alpha value is -0.580. The molecule has 0 aliphatic carbocycles. The van der Waals surface area contributed by atoms with E-state index in [4.69, 9.17) is 32.2 Å². The normalized spacial score (nSPS) is 37.5. The number of aliphatic hydroxyl groups excluding tert-OH is 3. The lowest BCUT2D eigenvalue weighted by Gasteiger charge is -2.44. The minimum absolute atomic E-state index is 0.0246. The first-order valence-corrected chi connectivity index (χ1v) is 13.7. The largest absolute Gasteiger partial charge is 0.388 e. The second-order valence-corrected chi connectivity index (χ2v) is 10.3. The summed E-state index contributed by atoms with van der Waals surface area (Å²) in [5.41, 5.74) is 4.85. The van der Waals surface area contributed by atoms with E-state index in [1.807, 2.05) is 0 Å². The average Bonchev–Trinajstić information content (AvgIpc) is 3.06. The predicted octanol–water partition coefficient (Wildman–Crippen LogP) is -1.31. The van der Waals surface area contributed by atoms with Crippen molar-refractivity contribution < 1.29 is 33.5 Å². The number of rotatable bonds is 5. The van der Waals surface area contributed by atoms with Crippen LogP contribution in [0.2, 0.25) is 0 Å². The molecule has 10 atom stereocenters. The Balaban J connectivity index is 0.00000129. The molecule has 34 heavy (non-hydrogen) atoms. The zero-order chi connectivity index (χ0) is 25.6. The van der Waals surface area contributed by atoms with Crippen molar-refractivity contribution in [3.63, 3.8) is 0 Å². The summed E-state index contributed by atoms with van der Waals surface area (Å²) in [6, 6.07) is -1.47. The van der Waals surface area contributed by atoms with Crippen LogP contribution < -0.4 is 16.4 Å². The zero-order valence-electron chi connectivity index (χ0n) is 19.3. The second-order valence-electron chi connectivity index (χ2n) is 8.36. The number of nitrogens with two attached hydrogens (primary N) is 1. The number of carbonyl (C=O) groups excluding carboxylic acids is 1. The van der Waals surface area contributed by atoms with E-state index in [0.717, 1.165) is 0 Å². The van der Waals surface area contributed by atoms with Gasteiger partial charge in [-0.1, -0.05) is 0 Å². The van der Waals surface area contributed by atoms with E-state index in [2.05, 4.69) is 10.6 Å². The third-order valence-electron chi connectivity index (χ3n) is 6.14. The van der Waals surface area contributed by atoms with Crippen molar-refractivity contribution in [2.24, 2.45) is 11.7 Å². The lowest BCUT2D eigenvalue weighted by atomic mass is 9.92. The molecule has 0 aromatic carbocycles. The molecule has 3 fully saturated rings. The van der Waals surface area contributed by atoms with E-state index in [-0.39, 0.29) is 29.9 Å². The number of aliphatic hydroxyl groups is 3. The molecule has 1 amide bonds. The van der Waals surface area contributed by atoms with Gasteiger partial charge in [-0.15, -0.1) is 23.4 Å². The number of nitrogens with one attached hydrogen (secondary N) is 3. The molecule has 0 bridgehead atoms. The number of thioether (sulfide) groups is 1. The SMILES string of the molecule is CSC1O[C@H]([C@H](NC(=O)[C@H]2NC[C@@H]3CN(C(=N)N)CCO[C@H]32)[C@H](C)Cl)C(O)[C@@H](O)[C@H]1O.CSF. The molecule has 0 spiro atoms. The van der Waals surface area contributed by atoms with Crippen LogP contribution in [0.3, 0.4) is 0 Å². The van der Waals surface area contributed by atoms with Gasteiger partial charge in [0.05, 0.1) is 24.1 Å². The first kappa shape index (κ1) is 29.6. The van der Waals surface area contributed by atoms with E-state index >= 15 is 0 Å². The highest BCUT2D eigenvalue weighted by Crippen LogP contribution is 2.30. The van der Waals surface area contributed by atoms with Gasteiger partial charge in [0.1, 0.15) is 35.9 Å². The topological polar surface area (TPSA) is 173 Å². The molecular weight excluding hydrogens is 513 g/mol. The van der Waals surface area contributed by atoms with Gasteiger partial charge in [-0.05, 0) is 13.2 Å². The van der Waals surface area contributed by atoms with E-state index in [0.29, 0.717) is 26.2 Å². The van der Waals surface area contributed by atoms with E-state index < -0.39 is 53.4 Å². The van der Waals surface area contributed by atoms with E-state index in [9.17, 15) is 24.0 Å². The number of ether oxygens (including phenoxy) is 2. The van der Waals surface area contributed by atoms with Crippen molar-refractivity contribution >= 4 is 47.4 Å². The highest BCUT2D eigenvalue weighted by atomic mass is 35.5. The molecule has 8 N–H and O–H groups in total. The summed E-state index contributed by atoms with van der Waals surface area (Å²) in [6.07, 6.45) is -2.44. The Morgan fingerprint density at radius 3 is 2.53 bits per heavy atom. The fourth-order valence-electron chi connectivity index (χ4n) is 4.40. The summed E-state index contributed by atoms with van der Waals surface area (Å²) in [5.74, 6) is -0.414. The van der Waals surface area contributed by atoms with Crippen LogP contribution in [0.4, 0.5) is 3.89 Å². The van der Waals surface area contributed by atoms with Gasteiger partial charge < -0.3 is 46.1 Å². The number of amides is 1. The standard InChI is InChI=1S/C18H32ClN5O6S.CH3FS/c1-7(19)9(15-12(26)11(25)13(27)17(30-15)31-2)23-16(28)10-14-8(5-22-10)6-24(18(20)21)3-4-29-14;1-3-2/h7-15,17,22,25-27H,3-6H2,1-2H3,(H3,20,21)(H,23,28);1H3/t7-,8+,9+,10-,11+,12?,13+,14+,15+,17?;/m0./s1. The number of hydrogen-bond donors (Lipinski definition) is 7. The number of carbonyl (C=O) groups is 1. The second kappa shape index (κ2) is 13.7. The number of fused-ring (bicyclic) bond motifs is 1. The van der Waals surface area contributed by atoms with Crippen LogP contribution in [-0.4, -0.2) is 124 Å². The molecule has 3 heterocycles. The van der Waals surface area contributed by atoms with Gasteiger partial charge in [0.15, 0.2) is 5.96 Å². The molecule has 3 aliphatic heterocycles. The monoisotopic (exact) mass is 547 g/mol. The van der Waals surface area contributed by atoms with E-state index in [1.54, 1.807) is 18.1 Å². The molecule has 3 rings (SSSR count). The minimum Gasteiger partial charge on any atom is -0.388 e. The first-order valence-electron chi connectivity index (χ1n) is 10.8. The Bertz CT molecular complexity index is 687. The van der Waals surface area contributed by atoms with Crippen molar-refractivity contribution in [3.05, 3.63) is 0 Å². The van der Waals surface area contributed by atoms with Crippen LogP contribution in [0.25, 0.3) is 0 Å². The zero-order valence-corrected chi connectivity index (χ0v) is 21.7. The lowest BCUT2D eigenvalue weighted by Crippen LogP contribution is -2.65.